The number of thiophene rings is 1. The van der Waals surface area contributed by atoms with Gasteiger partial charge in [-0.15, -0.1) is 11.3 Å². The molecule has 0 radical (unpaired) electrons. The highest BCUT2D eigenvalue weighted by atomic mass is 79.9. The zero-order valence-electron chi connectivity index (χ0n) is 13.7. The first kappa shape index (κ1) is 17.7. The first-order chi connectivity index (χ1) is 12.1. The van der Waals surface area contributed by atoms with E-state index in [0.717, 1.165) is 14.9 Å². The third-order valence-electron chi connectivity index (χ3n) is 3.28. The minimum Gasteiger partial charge on any atom is -0.490 e. The summed E-state index contributed by atoms with van der Waals surface area (Å²) in [6.07, 6.45) is 1.67. The molecule has 2 heterocycles. The first-order valence-corrected chi connectivity index (χ1v) is 9.45. The van der Waals surface area contributed by atoms with Crippen LogP contribution in [0.25, 0.3) is 6.08 Å². The molecule has 0 saturated heterocycles. The van der Waals surface area contributed by atoms with E-state index in [0.29, 0.717) is 30.6 Å². The second-order valence-corrected chi connectivity index (χ2v) is 6.81. The third-order valence-corrected chi connectivity index (χ3v) is 4.72. The van der Waals surface area contributed by atoms with Crippen molar-refractivity contribution in [1.29, 1.82) is 0 Å². The molecule has 0 saturated carbocycles. The molecule has 1 aliphatic heterocycles. The van der Waals surface area contributed by atoms with Gasteiger partial charge in [0.25, 0.3) is 0 Å². The summed E-state index contributed by atoms with van der Waals surface area (Å²) in [4.78, 5) is 17.2. The average molecular weight is 422 g/mol. The van der Waals surface area contributed by atoms with Gasteiger partial charge in [-0.1, -0.05) is 6.07 Å². The number of hydrogen-bond acceptors (Lipinski definition) is 6. The standard InChI is InChI=1S/C18H16BrNO4S/c1-3-22-14-10-11(8-12(19)16(14)23-4-2)9-13-18(21)24-17(20-13)15-6-5-7-25-15/h5-10H,3-4H2,1-2H3. The Hall–Kier alpha value is -2.12. The topological polar surface area (TPSA) is 57.1 Å². The number of rotatable bonds is 6. The van der Waals surface area contributed by atoms with Crippen LogP contribution in [-0.2, 0) is 9.53 Å². The van der Waals surface area contributed by atoms with Gasteiger partial charge in [0.2, 0.25) is 5.90 Å². The van der Waals surface area contributed by atoms with Crippen LogP contribution in [0.2, 0.25) is 0 Å². The van der Waals surface area contributed by atoms with E-state index in [-0.39, 0.29) is 5.70 Å². The highest BCUT2D eigenvalue weighted by molar-refractivity contribution is 9.10. The van der Waals surface area contributed by atoms with E-state index in [1.807, 2.05) is 43.5 Å². The molecule has 0 amide bonds. The van der Waals surface area contributed by atoms with Gasteiger partial charge >= 0.3 is 5.97 Å². The molecule has 0 bridgehead atoms. The predicted molar refractivity (Wildman–Crippen MR) is 101 cm³/mol. The van der Waals surface area contributed by atoms with Crippen LogP contribution in [0.5, 0.6) is 11.5 Å². The number of nitrogens with zero attached hydrogens (tertiary/aromatic N) is 1. The minimum atomic E-state index is -0.466. The lowest BCUT2D eigenvalue weighted by Crippen LogP contribution is -2.03. The molecule has 1 aliphatic rings. The molecule has 25 heavy (non-hydrogen) atoms. The molecule has 0 unspecified atom stereocenters. The smallest absolute Gasteiger partial charge is 0.363 e. The van der Waals surface area contributed by atoms with Crippen molar-refractivity contribution in [2.75, 3.05) is 13.2 Å². The Bertz CT molecular complexity index is 843. The third kappa shape index (κ3) is 3.93. The molecule has 130 valence electrons. The Morgan fingerprint density at radius 3 is 2.76 bits per heavy atom. The van der Waals surface area contributed by atoms with Crippen molar-refractivity contribution in [2.45, 2.75) is 13.8 Å². The Morgan fingerprint density at radius 2 is 2.08 bits per heavy atom. The molecule has 0 atom stereocenters. The molecule has 2 aromatic rings. The lowest BCUT2D eigenvalue weighted by molar-refractivity contribution is -0.129. The molecule has 7 heteroatoms. The van der Waals surface area contributed by atoms with Crippen LogP contribution >= 0.6 is 27.3 Å². The van der Waals surface area contributed by atoms with Crippen LogP contribution in [0, 0.1) is 0 Å². The second kappa shape index (κ2) is 7.84. The zero-order valence-corrected chi connectivity index (χ0v) is 16.1. The van der Waals surface area contributed by atoms with Crippen molar-refractivity contribution in [3.05, 3.63) is 50.3 Å². The van der Waals surface area contributed by atoms with Crippen LogP contribution < -0.4 is 9.47 Å². The zero-order chi connectivity index (χ0) is 17.8. The van der Waals surface area contributed by atoms with Crippen molar-refractivity contribution < 1.29 is 19.0 Å². The van der Waals surface area contributed by atoms with E-state index in [4.69, 9.17) is 14.2 Å². The Kier molecular flexibility index (Phi) is 5.55. The molecule has 3 rings (SSSR count). The quantitative estimate of drug-likeness (QED) is 0.502. The van der Waals surface area contributed by atoms with E-state index in [1.165, 1.54) is 11.3 Å². The van der Waals surface area contributed by atoms with E-state index in [2.05, 4.69) is 20.9 Å². The first-order valence-electron chi connectivity index (χ1n) is 7.78. The molecule has 0 fully saturated rings. The highest BCUT2D eigenvalue weighted by Crippen LogP contribution is 2.37. The second-order valence-electron chi connectivity index (χ2n) is 5.01. The number of hydrogen-bond donors (Lipinski definition) is 0. The summed E-state index contributed by atoms with van der Waals surface area (Å²) in [6, 6.07) is 7.42. The van der Waals surface area contributed by atoms with Gasteiger partial charge in [-0.2, -0.15) is 0 Å². The van der Waals surface area contributed by atoms with Gasteiger partial charge in [-0.05, 0) is 65.0 Å². The number of cyclic esters (lactones) is 1. The van der Waals surface area contributed by atoms with Crippen molar-refractivity contribution in [2.24, 2.45) is 4.99 Å². The van der Waals surface area contributed by atoms with Gasteiger partial charge in [0.15, 0.2) is 17.2 Å². The Labute approximate surface area is 158 Å². The van der Waals surface area contributed by atoms with Crippen molar-refractivity contribution in [3.8, 4) is 11.5 Å². The van der Waals surface area contributed by atoms with Crippen molar-refractivity contribution in [3.63, 3.8) is 0 Å². The lowest BCUT2D eigenvalue weighted by Gasteiger charge is -2.13. The molecule has 0 spiro atoms. The summed E-state index contributed by atoms with van der Waals surface area (Å²) < 4.78 is 17.3. The number of aliphatic imine (C=N–C) groups is 1. The fourth-order valence-electron chi connectivity index (χ4n) is 2.29. The van der Waals surface area contributed by atoms with Crippen LogP contribution in [0.4, 0.5) is 0 Å². The van der Waals surface area contributed by atoms with Gasteiger partial charge in [0, 0.05) is 0 Å². The largest absolute Gasteiger partial charge is 0.490 e. The molecule has 1 aromatic heterocycles. The summed E-state index contributed by atoms with van der Waals surface area (Å²) >= 11 is 4.96. The summed E-state index contributed by atoms with van der Waals surface area (Å²) in [6.45, 7) is 4.85. The molecule has 0 aliphatic carbocycles. The van der Waals surface area contributed by atoms with Crippen molar-refractivity contribution in [1.82, 2.24) is 0 Å². The molecule has 1 aromatic carbocycles. The predicted octanol–water partition coefficient (Wildman–Crippen LogP) is 4.65. The SMILES string of the molecule is CCOc1cc(C=C2N=C(c3cccs3)OC2=O)cc(Br)c1OCC. The summed E-state index contributed by atoms with van der Waals surface area (Å²) in [7, 11) is 0. The summed E-state index contributed by atoms with van der Waals surface area (Å²) in [5.74, 6) is 1.12. The maximum absolute atomic E-state index is 12.1. The molecule has 5 nitrogen and oxygen atoms in total. The van der Waals surface area contributed by atoms with E-state index < -0.39 is 5.97 Å². The normalized spacial score (nSPS) is 15.2. The minimum absolute atomic E-state index is 0.252. The van der Waals surface area contributed by atoms with Gasteiger partial charge in [0.1, 0.15) is 0 Å². The van der Waals surface area contributed by atoms with E-state index >= 15 is 0 Å². The fraction of sp³-hybridized carbons (Fsp3) is 0.222. The number of ether oxygens (including phenoxy) is 3. The van der Waals surface area contributed by atoms with Gasteiger partial charge in [-0.25, -0.2) is 9.79 Å². The maximum Gasteiger partial charge on any atom is 0.363 e. The van der Waals surface area contributed by atoms with Crippen LogP contribution in [0.1, 0.15) is 24.3 Å². The summed E-state index contributed by atoms with van der Waals surface area (Å²) in [5, 5.41) is 1.91. The monoisotopic (exact) mass is 421 g/mol. The van der Waals surface area contributed by atoms with E-state index in [1.54, 1.807) is 6.08 Å². The van der Waals surface area contributed by atoms with Gasteiger partial charge in [0.05, 0.1) is 22.6 Å². The number of halogens is 1. The van der Waals surface area contributed by atoms with Crippen LogP contribution in [-0.4, -0.2) is 25.1 Å². The number of esters is 1. The maximum atomic E-state index is 12.1. The Balaban J connectivity index is 1.96. The number of benzene rings is 1. The molecular formula is C18H16BrNO4S. The van der Waals surface area contributed by atoms with Crippen LogP contribution in [0.15, 0.2) is 44.8 Å². The molecule has 0 N–H and O–H groups in total. The number of carbonyl (C=O) groups excluding carboxylic acids is 1. The molecular weight excluding hydrogens is 406 g/mol. The number of carbonyl (C=O) groups is 1. The van der Waals surface area contributed by atoms with Gasteiger partial charge in [-0.3, -0.25) is 0 Å². The summed E-state index contributed by atoms with van der Waals surface area (Å²) in [5.41, 5.74) is 1.02. The van der Waals surface area contributed by atoms with Crippen molar-refractivity contribution >= 4 is 45.2 Å². The van der Waals surface area contributed by atoms with E-state index in [9.17, 15) is 4.79 Å². The Morgan fingerprint density at radius 1 is 1.28 bits per heavy atom. The van der Waals surface area contributed by atoms with Crippen LogP contribution in [0.3, 0.4) is 0 Å². The fourth-order valence-corrected chi connectivity index (χ4v) is 3.51. The van der Waals surface area contributed by atoms with Gasteiger partial charge < -0.3 is 14.2 Å². The highest BCUT2D eigenvalue weighted by Gasteiger charge is 2.25. The lowest BCUT2D eigenvalue weighted by atomic mass is 10.1. The average Bonchev–Trinajstić information content (AvgIpc) is 3.22.